The van der Waals surface area contributed by atoms with E-state index in [-0.39, 0.29) is 0 Å². The minimum atomic E-state index is -1.40. The van der Waals surface area contributed by atoms with E-state index in [4.69, 9.17) is 0 Å². The van der Waals surface area contributed by atoms with E-state index in [1.165, 1.54) is 24.2 Å². The summed E-state index contributed by atoms with van der Waals surface area (Å²) in [6.07, 6.45) is 1.25. The molecule has 0 bridgehead atoms. The van der Waals surface area contributed by atoms with Crippen LogP contribution in [0.25, 0.3) is 0 Å². The average Bonchev–Trinajstić information content (AvgIpc) is 1.98. The molecular weight excluding hydrogens is 109 g/mol. The van der Waals surface area contributed by atoms with Crippen LogP contribution in [0, 0.1) is 0 Å². The Hall–Kier alpha value is -0.860. The molecule has 3 heteroatoms. The molecule has 1 aliphatic heterocycles. The van der Waals surface area contributed by atoms with E-state index < -0.39 is 12.1 Å². The van der Waals surface area contributed by atoms with Gasteiger partial charge in [-0.05, 0) is 6.08 Å². The first kappa shape index (κ1) is 5.28. The summed E-state index contributed by atoms with van der Waals surface area (Å²) >= 11 is 0. The second kappa shape index (κ2) is 1.58. The van der Waals surface area contributed by atoms with Gasteiger partial charge in [-0.1, -0.05) is 0 Å². The van der Waals surface area contributed by atoms with Crippen LogP contribution in [0.2, 0.25) is 0 Å². The minimum Gasteiger partial charge on any atom is -0.320 e. The Morgan fingerprint density at radius 2 is 2.50 bits per heavy atom. The van der Waals surface area contributed by atoms with Crippen LogP contribution in [0.3, 0.4) is 0 Å². The molecule has 0 N–H and O–H groups in total. The fourth-order valence-electron chi connectivity index (χ4n) is 0.555. The zero-order valence-corrected chi connectivity index (χ0v) is 4.47. The maximum absolute atomic E-state index is 12.1. The molecule has 1 aliphatic rings. The smallest absolute Gasteiger partial charge is 0.264 e. The van der Waals surface area contributed by atoms with Crippen LogP contribution in [-0.2, 0) is 4.79 Å². The third kappa shape index (κ3) is 0.598. The molecule has 0 aromatic rings. The summed E-state index contributed by atoms with van der Waals surface area (Å²) in [5.41, 5.74) is 0. The molecule has 8 heavy (non-hydrogen) atoms. The van der Waals surface area contributed by atoms with Crippen LogP contribution >= 0.6 is 0 Å². The maximum atomic E-state index is 12.1. The van der Waals surface area contributed by atoms with Gasteiger partial charge in [0.1, 0.15) is 0 Å². The summed E-state index contributed by atoms with van der Waals surface area (Å²) in [6, 6.07) is 0. The van der Waals surface area contributed by atoms with E-state index in [1.54, 1.807) is 0 Å². The molecule has 0 aromatic heterocycles. The molecular formula is C5H6FNO. The number of carbonyl (C=O) groups excluding carboxylic acids is 1. The molecule has 1 rings (SSSR count). The first-order chi connectivity index (χ1) is 3.72. The minimum absolute atomic E-state index is 0.481. The molecule has 2 nitrogen and oxygen atoms in total. The summed E-state index contributed by atoms with van der Waals surface area (Å²) in [7, 11) is 1.53. The van der Waals surface area contributed by atoms with Gasteiger partial charge in [-0.3, -0.25) is 4.79 Å². The van der Waals surface area contributed by atoms with Crippen LogP contribution in [0.4, 0.5) is 4.39 Å². The lowest BCUT2D eigenvalue weighted by molar-refractivity contribution is -0.129. The van der Waals surface area contributed by atoms with Gasteiger partial charge in [-0.2, -0.15) is 0 Å². The predicted octanol–water partition coefficient (Wildman–Crippen LogP) is 0.310. The van der Waals surface area contributed by atoms with Crippen LogP contribution < -0.4 is 0 Å². The first-order valence-electron chi connectivity index (χ1n) is 2.31. The van der Waals surface area contributed by atoms with Crippen molar-refractivity contribution < 1.29 is 9.18 Å². The van der Waals surface area contributed by atoms with Crippen LogP contribution in [0.5, 0.6) is 0 Å². The van der Waals surface area contributed by atoms with E-state index in [0.717, 1.165) is 0 Å². The van der Waals surface area contributed by atoms with Gasteiger partial charge in [-0.15, -0.1) is 0 Å². The molecule has 1 amide bonds. The molecule has 0 radical (unpaired) electrons. The van der Waals surface area contributed by atoms with Gasteiger partial charge in [0, 0.05) is 13.2 Å². The Morgan fingerprint density at radius 1 is 1.88 bits per heavy atom. The fourth-order valence-corrected chi connectivity index (χ4v) is 0.555. The number of amides is 1. The Morgan fingerprint density at radius 3 is 2.62 bits per heavy atom. The van der Waals surface area contributed by atoms with E-state index in [1.807, 2.05) is 0 Å². The SMILES string of the molecule is CN1C=CC(F)C1=O. The molecule has 1 unspecified atom stereocenters. The normalized spacial score (nSPS) is 27.5. The summed E-state index contributed by atoms with van der Waals surface area (Å²) in [5, 5.41) is 0. The standard InChI is InChI=1S/C5H6FNO/c1-7-3-2-4(6)5(7)8/h2-4H,1H3. The second-order valence-electron chi connectivity index (χ2n) is 1.69. The Kier molecular flexibility index (Phi) is 1.04. The molecule has 1 heterocycles. The quantitative estimate of drug-likeness (QED) is 0.445. The van der Waals surface area contributed by atoms with Crippen molar-refractivity contribution in [3.05, 3.63) is 12.3 Å². The zero-order chi connectivity index (χ0) is 6.15. The number of nitrogens with zero attached hydrogens (tertiary/aromatic N) is 1. The molecule has 0 aliphatic carbocycles. The second-order valence-corrected chi connectivity index (χ2v) is 1.69. The molecule has 0 saturated heterocycles. The van der Waals surface area contributed by atoms with E-state index >= 15 is 0 Å². The predicted molar refractivity (Wildman–Crippen MR) is 26.8 cm³/mol. The Balaban J connectivity index is 2.70. The third-order valence-corrected chi connectivity index (χ3v) is 1.06. The summed E-state index contributed by atoms with van der Waals surface area (Å²) in [6.45, 7) is 0. The van der Waals surface area contributed by atoms with Crippen molar-refractivity contribution in [1.29, 1.82) is 0 Å². The molecule has 0 spiro atoms. The lowest BCUT2D eigenvalue weighted by atomic mass is 10.4. The number of carbonyl (C=O) groups is 1. The van der Waals surface area contributed by atoms with Crippen molar-refractivity contribution in [2.75, 3.05) is 7.05 Å². The molecule has 0 aromatic carbocycles. The molecule has 44 valence electrons. The van der Waals surface area contributed by atoms with Gasteiger partial charge in [0.25, 0.3) is 5.91 Å². The summed E-state index contributed by atoms with van der Waals surface area (Å²) < 4.78 is 12.1. The van der Waals surface area contributed by atoms with E-state index in [9.17, 15) is 9.18 Å². The van der Waals surface area contributed by atoms with Crippen LogP contribution in [0.15, 0.2) is 12.3 Å². The van der Waals surface area contributed by atoms with Crippen molar-refractivity contribution in [1.82, 2.24) is 4.90 Å². The van der Waals surface area contributed by atoms with Gasteiger partial charge < -0.3 is 4.90 Å². The van der Waals surface area contributed by atoms with Gasteiger partial charge in [-0.25, -0.2) is 4.39 Å². The van der Waals surface area contributed by atoms with E-state index in [0.29, 0.717) is 0 Å². The molecule has 1 atom stereocenters. The highest BCUT2D eigenvalue weighted by atomic mass is 19.1. The first-order valence-corrected chi connectivity index (χ1v) is 2.31. The van der Waals surface area contributed by atoms with Crippen molar-refractivity contribution >= 4 is 5.91 Å². The number of rotatable bonds is 0. The van der Waals surface area contributed by atoms with Gasteiger partial charge >= 0.3 is 0 Å². The zero-order valence-electron chi connectivity index (χ0n) is 4.47. The van der Waals surface area contributed by atoms with Crippen molar-refractivity contribution in [3.63, 3.8) is 0 Å². The largest absolute Gasteiger partial charge is 0.320 e. The number of hydrogen-bond acceptors (Lipinski definition) is 1. The van der Waals surface area contributed by atoms with Crippen LogP contribution in [-0.4, -0.2) is 24.0 Å². The highest BCUT2D eigenvalue weighted by molar-refractivity contribution is 5.85. The third-order valence-electron chi connectivity index (χ3n) is 1.06. The van der Waals surface area contributed by atoms with Crippen molar-refractivity contribution in [2.45, 2.75) is 6.17 Å². The number of hydrogen-bond donors (Lipinski definition) is 0. The molecule has 0 saturated carbocycles. The van der Waals surface area contributed by atoms with Gasteiger partial charge in [0.05, 0.1) is 0 Å². The fraction of sp³-hybridized carbons (Fsp3) is 0.400. The maximum Gasteiger partial charge on any atom is 0.264 e. The highest BCUT2D eigenvalue weighted by Crippen LogP contribution is 2.06. The van der Waals surface area contributed by atoms with Crippen molar-refractivity contribution in [2.24, 2.45) is 0 Å². The monoisotopic (exact) mass is 115 g/mol. The Bertz CT molecular complexity index is 129. The number of alkyl halides is 1. The lowest BCUT2D eigenvalue weighted by Crippen LogP contribution is -2.22. The van der Waals surface area contributed by atoms with Gasteiger partial charge in [0.15, 0.2) is 6.17 Å². The number of halogens is 1. The van der Waals surface area contributed by atoms with Crippen molar-refractivity contribution in [3.8, 4) is 0 Å². The molecule has 0 fully saturated rings. The highest BCUT2D eigenvalue weighted by Gasteiger charge is 2.22. The average molecular weight is 115 g/mol. The lowest BCUT2D eigenvalue weighted by Gasteiger charge is -2.02. The van der Waals surface area contributed by atoms with Crippen LogP contribution in [0.1, 0.15) is 0 Å². The summed E-state index contributed by atoms with van der Waals surface area (Å²) in [5.74, 6) is -0.481. The topological polar surface area (TPSA) is 20.3 Å². The van der Waals surface area contributed by atoms with Gasteiger partial charge in [0.2, 0.25) is 0 Å². The summed E-state index contributed by atoms with van der Waals surface area (Å²) in [4.78, 5) is 11.6. The van der Waals surface area contributed by atoms with E-state index in [2.05, 4.69) is 0 Å². The Labute approximate surface area is 46.6 Å².